The highest BCUT2D eigenvalue weighted by atomic mass is 127. The Morgan fingerprint density at radius 2 is 2.00 bits per heavy atom. The van der Waals surface area contributed by atoms with Crippen LogP contribution in [0.25, 0.3) is 0 Å². The molecule has 2 aromatic rings. The number of amides is 2. The number of nitrogens with one attached hydrogen (secondary N) is 3. The molecule has 1 aliphatic heterocycles. The molecule has 0 radical (unpaired) electrons. The van der Waals surface area contributed by atoms with E-state index in [2.05, 4.69) is 100 Å². The topological polar surface area (TPSA) is 73.5 Å². The van der Waals surface area contributed by atoms with Crippen LogP contribution in [0.5, 0.6) is 0 Å². The molecule has 3 N–H and O–H groups in total. The van der Waals surface area contributed by atoms with Crippen LogP contribution < -0.4 is 16.0 Å². The molecule has 3 rings (SSSR count). The van der Waals surface area contributed by atoms with Crippen molar-refractivity contribution in [3.63, 3.8) is 0 Å². The average molecular weight is 723 g/mol. The third-order valence-corrected chi connectivity index (χ3v) is 8.11. The molecule has 0 saturated carbocycles. The van der Waals surface area contributed by atoms with Crippen LogP contribution in [-0.2, 0) is 11.3 Å². The van der Waals surface area contributed by atoms with E-state index in [1.54, 1.807) is 18.2 Å². The summed E-state index contributed by atoms with van der Waals surface area (Å²) >= 11 is 10.5. The quantitative estimate of drug-likeness (QED) is 0.328. The van der Waals surface area contributed by atoms with Crippen LogP contribution in [0.3, 0.4) is 0 Å². The maximum Gasteiger partial charge on any atom is 0.251 e. The molecule has 1 heterocycles. The summed E-state index contributed by atoms with van der Waals surface area (Å²) in [6, 6.07) is 11.7. The normalized spacial score (nSPS) is 18.6. The van der Waals surface area contributed by atoms with Crippen molar-refractivity contribution in [2.24, 2.45) is 0 Å². The lowest BCUT2D eigenvalue weighted by Gasteiger charge is -2.25. The van der Waals surface area contributed by atoms with E-state index >= 15 is 0 Å². The van der Waals surface area contributed by atoms with Gasteiger partial charge in [-0.15, -0.1) is 0 Å². The largest absolute Gasteiger partial charge is 0.350 e. The molecule has 1 saturated heterocycles. The number of aryl methyl sites for hydroxylation is 1. The lowest BCUT2D eigenvalue weighted by Crippen LogP contribution is -2.49. The molecule has 0 bridgehead atoms. The van der Waals surface area contributed by atoms with Crippen molar-refractivity contribution in [1.29, 1.82) is 0 Å². The number of rotatable bonds is 9. The molecule has 0 spiro atoms. The van der Waals surface area contributed by atoms with Gasteiger partial charge in [0.25, 0.3) is 5.91 Å². The molecule has 0 unspecified atom stereocenters. The number of benzene rings is 2. The number of carbonyl (C=O) groups is 2. The van der Waals surface area contributed by atoms with Gasteiger partial charge in [0.05, 0.1) is 11.1 Å². The Hall–Kier alpha value is -0.950. The summed E-state index contributed by atoms with van der Waals surface area (Å²) in [6.07, 6.45) is 1.46. The summed E-state index contributed by atoms with van der Waals surface area (Å²) in [7, 11) is 0. The second-order valence-corrected chi connectivity index (χ2v) is 12.2. The molecular weight excluding hydrogens is 690 g/mol. The molecule has 2 aromatic carbocycles. The minimum absolute atomic E-state index is 0.000896. The standard InChI is InChI=1S/C26H33ClI2N4O2/c1-16(2)30-8-6-24-26(35)33(15-18-10-17(3)11-20(28)12-18)9-7-21(32-24)14-31-25(34)19-4-5-22(27)23(29)13-19/h4-5,10-13,16,21,24,30,32H,6-9,14-15H2,1-3H3,(H,31,34)/t21-,24-/m0/s1. The fourth-order valence-electron chi connectivity index (χ4n) is 4.20. The summed E-state index contributed by atoms with van der Waals surface area (Å²) in [4.78, 5) is 28.2. The predicted octanol–water partition coefficient (Wildman–Crippen LogP) is 4.73. The van der Waals surface area contributed by atoms with Crippen molar-refractivity contribution < 1.29 is 9.59 Å². The van der Waals surface area contributed by atoms with Crippen molar-refractivity contribution >= 4 is 68.6 Å². The average Bonchev–Trinajstić information content (AvgIpc) is 2.92. The number of hydrogen-bond acceptors (Lipinski definition) is 4. The monoisotopic (exact) mass is 722 g/mol. The van der Waals surface area contributed by atoms with Gasteiger partial charge in [-0.1, -0.05) is 31.5 Å². The first kappa shape index (κ1) is 28.6. The number of halogens is 3. The van der Waals surface area contributed by atoms with E-state index in [0.717, 1.165) is 22.1 Å². The Balaban J connectivity index is 1.69. The lowest BCUT2D eigenvalue weighted by molar-refractivity contribution is -0.133. The summed E-state index contributed by atoms with van der Waals surface area (Å²) in [5, 5.41) is 10.6. The SMILES string of the molecule is Cc1cc(I)cc(CN2CC[C@@H](CNC(=O)c3ccc(Cl)c(I)c3)N[C@@H](CCNC(C)C)C2=O)c1. The van der Waals surface area contributed by atoms with Crippen LogP contribution in [0.4, 0.5) is 0 Å². The molecule has 0 aliphatic carbocycles. The van der Waals surface area contributed by atoms with Crippen molar-refractivity contribution in [2.45, 2.75) is 58.3 Å². The van der Waals surface area contributed by atoms with E-state index in [4.69, 9.17) is 11.6 Å². The smallest absolute Gasteiger partial charge is 0.251 e. The van der Waals surface area contributed by atoms with E-state index < -0.39 is 0 Å². The van der Waals surface area contributed by atoms with Crippen LogP contribution in [0.2, 0.25) is 5.02 Å². The fraction of sp³-hybridized carbons (Fsp3) is 0.462. The second kappa shape index (κ2) is 13.6. The Bertz CT molecular complexity index is 1030. The van der Waals surface area contributed by atoms with Gasteiger partial charge >= 0.3 is 0 Å². The van der Waals surface area contributed by atoms with Crippen LogP contribution in [-0.4, -0.2) is 54.5 Å². The van der Waals surface area contributed by atoms with Crippen LogP contribution >= 0.6 is 56.8 Å². The maximum absolute atomic E-state index is 13.5. The van der Waals surface area contributed by atoms with E-state index in [1.165, 1.54) is 9.13 Å². The van der Waals surface area contributed by atoms with Gasteiger partial charge in [0, 0.05) is 44.4 Å². The Labute approximate surface area is 240 Å². The Kier molecular flexibility index (Phi) is 11.1. The Morgan fingerprint density at radius 1 is 1.23 bits per heavy atom. The minimum atomic E-state index is -0.300. The van der Waals surface area contributed by atoms with Crippen LogP contribution in [0, 0.1) is 14.1 Å². The van der Waals surface area contributed by atoms with Gasteiger partial charge in [-0.25, -0.2) is 0 Å². The first-order valence-electron chi connectivity index (χ1n) is 11.9. The molecule has 1 aliphatic rings. The number of nitrogens with zero attached hydrogens (tertiary/aromatic N) is 1. The van der Waals surface area contributed by atoms with E-state index in [9.17, 15) is 9.59 Å². The maximum atomic E-state index is 13.5. The van der Waals surface area contributed by atoms with Gasteiger partial charge < -0.3 is 20.9 Å². The zero-order valence-corrected chi connectivity index (χ0v) is 25.4. The molecule has 190 valence electrons. The predicted molar refractivity (Wildman–Crippen MR) is 159 cm³/mol. The number of hydrogen-bond donors (Lipinski definition) is 3. The zero-order chi connectivity index (χ0) is 25.5. The Morgan fingerprint density at radius 3 is 2.69 bits per heavy atom. The highest BCUT2D eigenvalue weighted by Crippen LogP contribution is 2.20. The highest BCUT2D eigenvalue weighted by Gasteiger charge is 2.31. The molecule has 0 aromatic heterocycles. The van der Waals surface area contributed by atoms with Gasteiger partial charge in [0.2, 0.25) is 5.91 Å². The van der Waals surface area contributed by atoms with Gasteiger partial charge in [-0.3, -0.25) is 9.59 Å². The zero-order valence-electron chi connectivity index (χ0n) is 20.3. The third-order valence-electron chi connectivity index (χ3n) is 5.95. The van der Waals surface area contributed by atoms with Gasteiger partial charge in [0.15, 0.2) is 0 Å². The first-order valence-corrected chi connectivity index (χ1v) is 14.4. The summed E-state index contributed by atoms with van der Waals surface area (Å²) < 4.78 is 2.02. The molecular formula is C26H33ClI2N4O2. The van der Waals surface area contributed by atoms with E-state index in [-0.39, 0.29) is 23.9 Å². The van der Waals surface area contributed by atoms with Crippen LogP contribution in [0.15, 0.2) is 36.4 Å². The minimum Gasteiger partial charge on any atom is -0.350 e. The van der Waals surface area contributed by atoms with Crippen molar-refractivity contribution in [1.82, 2.24) is 20.9 Å². The fourth-order valence-corrected chi connectivity index (χ4v) is 5.73. The van der Waals surface area contributed by atoms with Gasteiger partial charge in [-0.05, 0) is 113 Å². The first-order chi connectivity index (χ1) is 16.6. The number of carbonyl (C=O) groups excluding carboxylic acids is 2. The molecule has 35 heavy (non-hydrogen) atoms. The van der Waals surface area contributed by atoms with E-state index in [0.29, 0.717) is 42.7 Å². The summed E-state index contributed by atoms with van der Waals surface area (Å²) in [5.74, 6) is -0.0191. The van der Waals surface area contributed by atoms with E-state index in [1.807, 2.05) is 4.90 Å². The van der Waals surface area contributed by atoms with Crippen molar-refractivity contribution in [3.8, 4) is 0 Å². The summed E-state index contributed by atoms with van der Waals surface area (Å²) in [5.41, 5.74) is 2.92. The van der Waals surface area contributed by atoms with Gasteiger partial charge in [0.1, 0.15) is 0 Å². The van der Waals surface area contributed by atoms with Gasteiger partial charge in [-0.2, -0.15) is 0 Å². The molecule has 9 heteroatoms. The lowest BCUT2D eigenvalue weighted by atomic mass is 10.1. The second-order valence-electron chi connectivity index (χ2n) is 9.34. The van der Waals surface area contributed by atoms with Crippen LogP contribution in [0.1, 0.15) is 48.2 Å². The summed E-state index contributed by atoms with van der Waals surface area (Å²) in [6.45, 7) is 8.72. The molecule has 2 atom stereocenters. The van der Waals surface area contributed by atoms with Crippen molar-refractivity contribution in [3.05, 3.63) is 65.3 Å². The molecule has 2 amide bonds. The third kappa shape index (κ3) is 8.84. The highest BCUT2D eigenvalue weighted by molar-refractivity contribution is 14.1. The molecule has 6 nitrogen and oxygen atoms in total. The van der Waals surface area contributed by atoms with Crippen molar-refractivity contribution in [2.75, 3.05) is 19.6 Å². The molecule has 1 fully saturated rings.